The Morgan fingerprint density at radius 1 is 1.11 bits per heavy atom. The Morgan fingerprint density at radius 3 is 2.47 bits per heavy atom. The number of carbonyl (C=O) groups is 2. The average Bonchev–Trinajstić information content (AvgIpc) is 3.46. The van der Waals surface area contributed by atoms with Gasteiger partial charge in [-0.15, -0.1) is 0 Å². The molecule has 2 bridgehead atoms. The second kappa shape index (κ2) is 10.8. The van der Waals surface area contributed by atoms with E-state index in [1.165, 1.54) is 7.11 Å². The maximum absolute atomic E-state index is 13.0. The zero-order chi connectivity index (χ0) is 32.7. The number of halogens is 3. The Balaban J connectivity index is 1.45. The van der Waals surface area contributed by atoms with Gasteiger partial charge in [-0.1, -0.05) is 6.07 Å². The molecular formula is C30H35F3N4O8. The van der Waals surface area contributed by atoms with Gasteiger partial charge in [0.15, 0.2) is 23.0 Å². The third kappa shape index (κ3) is 4.70. The van der Waals surface area contributed by atoms with Gasteiger partial charge in [-0.25, -0.2) is 0 Å². The van der Waals surface area contributed by atoms with Crippen molar-refractivity contribution in [1.29, 1.82) is 0 Å². The average molecular weight is 637 g/mol. The molecule has 4 aliphatic rings. The molecule has 6 rings (SSSR count). The number of likely N-dealkylation sites (N-methyl/N-ethyl adjacent to an activating group) is 1. The van der Waals surface area contributed by atoms with E-state index in [1.807, 2.05) is 29.8 Å². The largest absolute Gasteiger partial charge is 0.507 e. The summed E-state index contributed by atoms with van der Waals surface area (Å²) in [7, 11) is 3.32. The van der Waals surface area contributed by atoms with Crippen molar-refractivity contribution in [2.24, 2.45) is 0 Å². The molecule has 0 spiro atoms. The number of fused-ring (bicyclic) bond motifs is 9. The van der Waals surface area contributed by atoms with Gasteiger partial charge in [0.05, 0.1) is 25.2 Å². The molecule has 45 heavy (non-hydrogen) atoms. The minimum Gasteiger partial charge on any atom is -0.507 e. The number of methoxy groups -OCH3 is 1. The molecule has 1 fully saturated rings. The van der Waals surface area contributed by atoms with Gasteiger partial charge in [-0.2, -0.15) is 13.2 Å². The molecule has 5 N–H and O–H groups in total. The molecule has 12 nitrogen and oxygen atoms in total. The fourth-order valence-corrected chi connectivity index (χ4v) is 7.55. The first-order chi connectivity index (χ1) is 21.2. The molecule has 0 aromatic heterocycles. The minimum atomic E-state index is -5.16. The highest BCUT2D eigenvalue weighted by atomic mass is 19.4. The SMILES string of the molecule is COc1c(C)cc2c(c1O)[C@@H]1C3Cc4c(O)c(C)c5c(c4[C@H](CNC(=O)[C@H](C)NC(=O)C(F)(F)F)N3C(O)[C@H](C2)N1C)OCO5. The van der Waals surface area contributed by atoms with E-state index < -0.39 is 54.4 Å². The Kier molecular flexibility index (Phi) is 7.48. The number of rotatable bonds is 5. The first kappa shape index (κ1) is 31.0. The number of aliphatic hydroxyl groups excluding tert-OH is 1. The number of nitrogens with zero attached hydrogens (tertiary/aromatic N) is 2. The number of aliphatic hydroxyl groups is 1. The molecular weight excluding hydrogens is 601 g/mol. The maximum atomic E-state index is 13.0. The summed E-state index contributed by atoms with van der Waals surface area (Å²) in [5.41, 5.74) is 3.65. The summed E-state index contributed by atoms with van der Waals surface area (Å²) in [6.45, 7) is 4.30. The van der Waals surface area contributed by atoms with Crippen molar-refractivity contribution in [2.45, 2.75) is 76.2 Å². The minimum absolute atomic E-state index is 0.0184. The molecule has 2 amide bonds. The van der Waals surface area contributed by atoms with Gasteiger partial charge < -0.3 is 40.2 Å². The fraction of sp³-hybridized carbons (Fsp3) is 0.533. The molecule has 4 heterocycles. The summed E-state index contributed by atoms with van der Waals surface area (Å²) in [6, 6.07) is -1.92. The van der Waals surface area contributed by atoms with Gasteiger partial charge in [0.1, 0.15) is 18.0 Å². The van der Waals surface area contributed by atoms with Crippen LogP contribution in [0.5, 0.6) is 28.7 Å². The van der Waals surface area contributed by atoms with E-state index >= 15 is 0 Å². The van der Waals surface area contributed by atoms with Crippen LogP contribution >= 0.6 is 0 Å². The second-order valence-electron chi connectivity index (χ2n) is 12.0. The highest BCUT2D eigenvalue weighted by molar-refractivity contribution is 5.89. The van der Waals surface area contributed by atoms with E-state index in [-0.39, 0.29) is 31.3 Å². The van der Waals surface area contributed by atoms with Gasteiger partial charge in [0, 0.05) is 34.8 Å². The van der Waals surface area contributed by atoms with Crippen molar-refractivity contribution in [1.82, 2.24) is 20.4 Å². The Labute approximate surface area is 256 Å². The predicted molar refractivity (Wildman–Crippen MR) is 151 cm³/mol. The van der Waals surface area contributed by atoms with Crippen LogP contribution < -0.4 is 24.8 Å². The number of ether oxygens (including phenoxy) is 3. The summed E-state index contributed by atoms with van der Waals surface area (Å²) in [4.78, 5) is 28.2. The van der Waals surface area contributed by atoms with Crippen LogP contribution in [-0.2, 0) is 22.4 Å². The molecule has 6 atom stereocenters. The van der Waals surface area contributed by atoms with Crippen LogP contribution in [0.25, 0.3) is 0 Å². The third-order valence-electron chi connectivity index (χ3n) is 9.59. The van der Waals surface area contributed by atoms with Gasteiger partial charge in [0.2, 0.25) is 12.7 Å². The maximum Gasteiger partial charge on any atom is 0.471 e. The summed E-state index contributed by atoms with van der Waals surface area (Å²) < 4.78 is 55.5. The number of aryl methyl sites for hydroxylation is 1. The monoisotopic (exact) mass is 636 g/mol. The van der Waals surface area contributed by atoms with Crippen molar-refractivity contribution in [3.63, 3.8) is 0 Å². The van der Waals surface area contributed by atoms with Gasteiger partial charge >= 0.3 is 12.1 Å². The van der Waals surface area contributed by atoms with Crippen LogP contribution in [0.3, 0.4) is 0 Å². The number of piperazine rings is 1. The van der Waals surface area contributed by atoms with E-state index in [9.17, 15) is 38.1 Å². The summed E-state index contributed by atoms with van der Waals surface area (Å²) in [5, 5.41) is 39.2. The number of amides is 2. The number of aromatic hydroxyl groups is 2. The van der Waals surface area contributed by atoms with Gasteiger partial charge in [-0.3, -0.25) is 19.4 Å². The normalized spacial score (nSPS) is 25.9. The quantitative estimate of drug-likeness (QED) is 0.329. The van der Waals surface area contributed by atoms with E-state index in [2.05, 4.69) is 5.32 Å². The number of nitrogens with one attached hydrogen (secondary N) is 2. The lowest BCUT2D eigenvalue weighted by molar-refractivity contribution is -0.175. The molecule has 2 aromatic rings. The van der Waals surface area contributed by atoms with Crippen molar-refractivity contribution in [3.8, 4) is 28.7 Å². The highest BCUT2D eigenvalue weighted by Gasteiger charge is 2.56. The molecule has 244 valence electrons. The predicted octanol–water partition coefficient (Wildman–Crippen LogP) is 1.83. The molecule has 1 saturated heterocycles. The number of hydrogen-bond donors (Lipinski definition) is 5. The summed E-state index contributed by atoms with van der Waals surface area (Å²) >= 11 is 0. The number of phenols is 2. The van der Waals surface area contributed by atoms with E-state index in [4.69, 9.17) is 14.2 Å². The molecule has 2 unspecified atom stereocenters. The molecule has 0 radical (unpaired) electrons. The third-order valence-corrected chi connectivity index (χ3v) is 9.59. The summed E-state index contributed by atoms with van der Waals surface area (Å²) in [5.74, 6) is -2.20. The number of benzene rings is 2. The smallest absolute Gasteiger partial charge is 0.471 e. The molecule has 15 heteroatoms. The number of alkyl halides is 3. The van der Waals surface area contributed by atoms with Gasteiger partial charge in [0.25, 0.3) is 0 Å². The first-order valence-electron chi connectivity index (χ1n) is 14.5. The first-order valence-corrected chi connectivity index (χ1v) is 14.5. The van der Waals surface area contributed by atoms with Crippen LogP contribution in [0.1, 0.15) is 52.4 Å². The molecule has 4 aliphatic heterocycles. The number of hydrogen-bond acceptors (Lipinski definition) is 10. The lowest BCUT2D eigenvalue weighted by Gasteiger charge is -2.60. The molecule has 0 saturated carbocycles. The Hall–Kier alpha value is -3.95. The summed E-state index contributed by atoms with van der Waals surface area (Å²) in [6.07, 6.45) is -5.67. The zero-order valence-corrected chi connectivity index (χ0v) is 25.3. The fourth-order valence-electron chi connectivity index (χ4n) is 7.55. The number of phenolic OH excluding ortho intramolecular Hbond substituents is 2. The Morgan fingerprint density at radius 2 is 1.80 bits per heavy atom. The molecule has 0 aliphatic carbocycles. The van der Waals surface area contributed by atoms with Gasteiger partial charge in [-0.05, 0) is 51.8 Å². The van der Waals surface area contributed by atoms with Crippen molar-refractivity contribution in [2.75, 3.05) is 27.5 Å². The van der Waals surface area contributed by atoms with E-state index in [0.29, 0.717) is 45.9 Å². The van der Waals surface area contributed by atoms with E-state index in [1.54, 1.807) is 12.2 Å². The lowest BCUT2D eigenvalue weighted by Crippen LogP contribution is -2.69. The Bertz CT molecular complexity index is 1580. The van der Waals surface area contributed by atoms with Crippen LogP contribution in [0.4, 0.5) is 13.2 Å². The van der Waals surface area contributed by atoms with E-state index in [0.717, 1.165) is 18.1 Å². The number of carbonyl (C=O) groups excluding carboxylic acids is 2. The lowest BCUT2D eigenvalue weighted by atomic mass is 9.73. The standard InChI is InChI=1S/C30H35F3N4O8/c1-11-6-14-7-17-28(41)37-16(21(36(17)4)19(14)23(39)24(11)43-5)8-15-20(26-25(44-10-45-26)12(2)22(15)38)18(37)9-34-27(40)13(3)35-29(42)30(31,32)33/h6,13,16-18,21,28,38-39,41H,7-10H2,1-5H3,(H,34,40)(H,35,42)/t13-,16?,17-,18-,21-,28?/m0/s1. The highest BCUT2D eigenvalue weighted by Crippen LogP contribution is 2.57. The van der Waals surface area contributed by atoms with Crippen LogP contribution in [0, 0.1) is 13.8 Å². The van der Waals surface area contributed by atoms with Crippen molar-refractivity contribution in [3.05, 3.63) is 39.4 Å². The zero-order valence-electron chi connectivity index (χ0n) is 25.3. The van der Waals surface area contributed by atoms with Crippen LogP contribution in [0.15, 0.2) is 6.07 Å². The van der Waals surface area contributed by atoms with Crippen molar-refractivity contribution >= 4 is 11.8 Å². The topological polar surface area (TPSA) is 153 Å². The van der Waals surface area contributed by atoms with Crippen LogP contribution in [-0.4, -0.2) is 95.0 Å². The van der Waals surface area contributed by atoms with Crippen molar-refractivity contribution < 1.29 is 52.3 Å². The molecule has 2 aromatic carbocycles. The second-order valence-corrected chi connectivity index (χ2v) is 12.0. The van der Waals surface area contributed by atoms with Crippen LogP contribution in [0.2, 0.25) is 0 Å².